The summed E-state index contributed by atoms with van der Waals surface area (Å²) < 4.78 is 29.2. The zero-order chi connectivity index (χ0) is 23.7. The highest BCUT2D eigenvalue weighted by Gasteiger charge is 2.40. The molecule has 2 aromatic carbocycles. The monoisotopic (exact) mass is 465 g/mol. The van der Waals surface area contributed by atoms with Gasteiger partial charge in [-0.15, -0.1) is 5.10 Å². The fourth-order valence-electron chi connectivity index (χ4n) is 4.57. The number of aromatic amines is 1. The van der Waals surface area contributed by atoms with Crippen LogP contribution in [0.5, 0.6) is 0 Å². The second-order valence-corrected chi connectivity index (χ2v) is 8.96. The van der Waals surface area contributed by atoms with Crippen molar-refractivity contribution in [2.75, 3.05) is 6.54 Å². The van der Waals surface area contributed by atoms with E-state index in [9.17, 15) is 18.4 Å². The normalized spacial score (nSPS) is 20.8. The number of H-pyrrole nitrogens is 1. The van der Waals surface area contributed by atoms with Crippen molar-refractivity contribution in [3.05, 3.63) is 82.9 Å². The molecule has 3 atom stereocenters. The van der Waals surface area contributed by atoms with Gasteiger partial charge in [0, 0.05) is 6.42 Å². The number of nitrogens with zero attached hydrogens (tertiary/aromatic N) is 3. The number of halogens is 2. The largest absolute Gasteiger partial charge is 0.343 e. The van der Waals surface area contributed by atoms with Crippen LogP contribution in [-0.4, -0.2) is 50.9 Å². The van der Waals surface area contributed by atoms with Gasteiger partial charge < -0.3 is 10.2 Å². The van der Waals surface area contributed by atoms with E-state index in [4.69, 9.17) is 0 Å². The minimum Gasteiger partial charge on any atom is -0.343 e. The molecule has 0 spiro atoms. The Morgan fingerprint density at radius 3 is 2.62 bits per heavy atom. The Morgan fingerprint density at radius 2 is 1.94 bits per heavy atom. The zero-order valence-corrected chi connectivity index (χ0v) is 18.5. The first kappa shape index (κ1) is 22.2. The summed E-state index contributed by atoms with van der Waals surface area (Å²) in [6.45, 7) is -0.154. The third-order valence-corrected chi connectivity index (χ3v) is 6.47. The quantitative estimate of drug-likeness (QED) is 0.561. The van der Waals surface area contributed by atoms with E-state index in [-0.39, 0.29) is 37.0 Å². The minimum atomic E-state index is -1.30. The van der Waals surface area contributed by atoms with E-state index in [0.717, 1.165) is 18.4 Å². The van der Waals surface area contributed by atoms with Crippen LogP contribution < -0.4 is 5.32 Å². The van der Waals surface area contributed by atoms with Crippen LogP contribution in [0.2, 0.25) is 0 Å². The smallest absolute Gasteiger partial charge is 0.243 e. The van der Waals surface area contributed by atoms with Gasteiger partial charge in [-0.1, -0.05) is 47.7 Å². The number of likely N-dealkylation sites (tertiary alicyclic amines) is 1. The van der Waals surface area contributed by atoms with Crippen molar-refractivity contribution in [3.63, 3.8) is 0 Å². The van der Waals surface area contributed by atoms with Crippen molar-refractivity contribution in [1.29, 1.82) is 0 Å². The van der Waals surface area contributed by atoms with E-state index in [1.54, 1.807) is 6.07 Å². The number of rotatable bonds is 7. The summed E-state index contributed by atoms with van der Waals surface area (Å²) >= 11 is 0. The maximum Gasteiger partial charge on any atom is 0.243 e. The van der Waals surface area contributed by atoms with E-state index in [1.807, 2.05) is 36.4 Å². The van der Waals surface area contributed by atoms with Crippen LogP contribution >= 0.6 is 0 Å². The van der Waals surface area contributed by atoms with Gasteiger partial charge >= 0.3 is 0 Å². The van der Waals surface area contributed by atoms with Crippen LogP contribution in [0.4, 0.5) is 8.78 Å². The molecular weight excluding hydrogens is 440 g/mol. The molecule has 2 amide bonds. The number of aromatic nitrogens is 3. The van der Waals surface area contributed by atoms with Crippen LogP contribution in [0.15, 0.2) is 54.7 Å². The first-order chi connectivity index (χ1) is 16.5. The number of hydrogen-bond acceptors (Lipinski definition) is 4. The molecule has 176 valence electrons. The molecule has 2 fully saturated rings. The Morgan fingerprint density at radius 1 is 1.15 bits per heavy atom. The number of carbonyl (C=O) groups excluding carboxylic acids is 2. The van der Waals surface area contributed by atoms with Crippen molar-refractivity contribution < 1.29 is 18.4 Å². The van der Waals surface area contributed by atoms with Gasteiger partial charge in [0.1, 0.15) is 18.0 Å². The molecule has 2 heterocycles. The predicted octanol–water partition coefficient (Wildman–Crippen LogP) is 3.21. The SMILES string of the molecule is O=C(N[C@@H](c1ccccc1)c1ccc(C2CC2)c(F)c1)[C@@H]1C[C@@H](F)CN1C(=O)Cc1cnn[nH]1. The number of nitrogens with one attached hydrogen (secondary N) is 2. The standard InChI is InChI=1S/C25H25F2N5O2/c26-18-11-22(32(14-18)23(33)12-19-13-28-31-30-19)25(34)29-24(16-4-2-1-3-5-16)17-8-9-20(15-6-7-15)21(27)10-17/h1-5,8-10,13,15,18,22,24H,6-7,11-12,14H2,(H,29,34)(H,28,30,31)/t18-,22+,24+/m1/s1. The van der Waals surface area contributed by atoms with Crippen molar-refractivity contribution in [3.8, 4) is 0 Å². The second kappa shape index (κ2) is 9.32. The Hall–Kier alpha value is -3.62. The molecule has 2 aliphatic rings. The van der Waals surface area contributed by atoms with Crippen LogP contribution in [-0.2, 0) is 16.0 Å². The molecule has 0 radical (unpaired) electrons. The maximum absolute atomic E-state index is 14.8. The van der Waals surface area contributed by atoms with Gasteiger partial charge in [0.25, 0.3) is 0 Å². The van der Waals surface area contributed by atoms with Crippen LogP contribution in [0.3, 0.4) is 0 Å². The summed E-state index contributed by atoms with van der Waals surface area (Å²) in [6.07, 6.45) is 1.94. The first-order valence-electron chi connectivity index (χ1n) is 11.4. The molecule has 7 nitrogen and oxygen atoms in total. The lowest BCUT2D eigenvalue weighted by Crippen LogP contribution is -2.47. The fraction of sp³-hybridized carbons (Fsp3) is 0.360. The summed E-state index contributed by atoms with van der Waals surface area (Å²) in [6, 6.07) is 12.7. The van der Waals surface area contributed by atoms with Crippen LogP contribution in [0.25, 0.3) is 0 Å². The van der Waals surface area contributed by atoms with Gasteiger partial charge in [-0.25, -0.2) is 8.78 Å². The Labute approximate surface area is 195 Å². The molecule has 0 unspecified atom stereocenters. The predicted molar refractivity (Wildman–Crippen MR) is 120 cm³/mol. The van der Waals surface area contributed by atoms with E-state index in [2.05, 4.69) is 20.7 Å². The topological polar surface area (TPSA) is 91.0 Å². The molecule has 3 aromatic rings. The molecular formula is C25H25F2N5O2. The third-order valence-electron chi connectivity index (χ3n) is 6.47. The molecule has 0 bridgehead atoms. The Balaban J connectivity index is 1.38. The lowest BCUT2D eigenvalue weighted by Gasteiger charge is -2.27. The van der Waals surface area contributed by atoms with Crippen LogP contribution in [0.1, 0.15) is 53.6 Å². The zero-order valence-electron chi connectivity index (χ0n) is 18.5. The number of hydrogen-bond donors (Lipinski definition) is 2. The average molecular weight is 466 g/mol. The molecule has 1 aromatic heterocycles. The second-order valence-electron chi connectivity index (χ2n) is 8.96. The Kier molecular flexibility index (Phi) is 6.08. The van der Waals surface area contributed by atoms with Crippen LogP contribution in [0, 0.1) is 5.82 Å². The molecule has 5 rings (SSSR count). The summed E-state index contributed by atoms with van der Waals surface area (Å²) in [4.78, 5) is 27.4. The lowest BCUT2D eigenvalue weighted by molar-refractivity contribution is -0.138. The summed E-state index contributed by atoms with van der Waals surface area (Å²) in [5.41, 5.74) is 2.55. The van der Waals surface area contributed by atoms with E-state index >= 15 is 0 Å². The van der Waals surface area contributed by atoms with E-state index < -0.39 is 24.2 Å². The van der Waals surface area contributed by atoms with Gasteiger partial charge in [0.05, 0.1) is 30.9 Å². The molecule has 9 heteroatoms. The summed E-state index contributed by atoms with van der Waals surface area (Å²) in [5, 5.41) is 12.8. The Bertz CT molecular complexity index is 1170. The van der Waals surface area contributed by atoms with Crippen molar-refractivity contribution >= 4 is 11.8 Å². The van der Waals surface area contributed by atoms with E-state index in [1.165, 1.54) is 17.2 Å². The molecule has 1 saturated heterocycles. The maximum atomic E-state index is 14.8. The fourth-order valence-corrected chi connectivity index (χ4v) is 4.57. The third kappa shape index (κ3) is 4.69. The highest BCUT2D eigenvalue weighted by molar-refractivity contribution is 5.89. The number of alkyl halides is 1. The molecule has 1 aliphatic carbocycles. The van der Waals surface area contributed by atoms with Gasteiger partial charge in [0.2, 0.25) is 11.8 Å². The van der Waals surface area contributed by atoms with Crippen molar-refractivity contribution in [2.45, 2.75) is 49.9 Å². The van der Waals surface area contributed by atoms with E-state index in [0.29, 0.717) is 16.8 Å². The molecule has 34 heavy (non-hydrogen) atoms. The lowest BCUT2D eigenvalue weighted by atomic mass is 9.96. The molecule has 1 saturated carbocycles. The number of benzene rings is 2. The van der Waals surface area contributed by atoms with Crippen molar-refractivity contribution in [2.24, 2.45) is 0 Å². The van der Waals surface area contributed by atoms with Gasteiger partial charge in [-0.3, -0.25) is 14.7 Å². The highest BCUT2D eigenvalue weighted by atomic mass is 19.1. The van der Waals surface area contributed by atoms with Gasteiger partial charge in [-0.2, -0.15) is 0 Å². The summed E-state index contributed by atoms with van der Waals surface area (Å²) in [5.74, 6) is -0.882. The molecule has 2 N–H and O–H groups in total. The minimum absolute atomic E-state index is 0.0561. The molecule has 1 aliphatic heterocycles. The van der Waals surface area contributed by atoms with Gasteiger partial charge in [-0.05, 0) is 41.5 Å². The van der Waals surface area contributed by atoms with Crippen molar-refractivity contribution in [1.82, 2.24) is 25.6 Å². The summed E-state index contributed by atoms with van der Waals surface area (Å²) in [7, 11) is 0. The average Bonchev–Trinajstić information content (AvgIpc) is 3.40. The highest BCUT2D eigenvalue weighted by Crippen LogP contribution is 2.42. The van der Waals surface area contributed by atoms with Gasteiger partial charge in [0.15, 0.2) is 0 Å². The number of amides is 2. The number of carbonyl (C=O) groups is 2. The first-order valence-corrected chi connectivity index (χ1v) is 11.4.